The maximum Gasteiger partial charge on any atom is 0.264 e. The number of hydrogen-bond acceptors (Lipinski definition) is 8. The highest BCUT2D eigenvalue weighted by molar-refractivity contribution is 7.92. The summed E-state index contributed by atoms with van der Waals surface area (Å²) in [5.41, 5.74) is 5.04. The number of amides is 1. The fraction of sp³-hybridized carbons (Fsp3) is 0.400. The van der Waals surface area contributed by atoms with Crippen molar-refractivity contribution in [2.24, 2.45) is 5.41 Å². The molecule has 0 saturated heterocycles. The Morgan fingerprint density at radius 3 is 2.41 bits per heavy atom. The summed E-state index contributed by atoms with van der Waals surface area (Å²) in [4.78, 5) is 34.3. The van der Waals surface area contributed by atoms with Gasteiger partial charge in [-0.05, 0) is 67.3 Å². The predicted molar refractivity (Wildman–Crippen MR) is 178 cm³/mol. The predicted octanol–water partition coefficient (Wildman–Crippen LogP) is 6.70. The maximum absolute atomic E-state index is 14.4. The Morgan fingerprint density at radius 1 is 1.00 bits per heavy atom. The highest BCUT2D eigenvalue weighted by atomic mass is 32.2. The summed E-state index contributed by atoms with van der Waals surface area (Å²) in [6, 6.07) is 13.3. The van der Waals surface area contributed by atoms with Gasteiger partial charge in [-0.3, -0.25) is 14.8 Å². The summed E-state index contributed by atoms with van der Waals surface area (Å²) in [5, 5.41) is 0. The van der Waals surface area contributed by atoms with E-state index in [2.05, 4.69) is 40.4 Å². The normalized spacial score (nSPS) is 16.6. The fourth-order valence-electron chi connectivity index (χ4n) is 5.46. The molecule has 0 aliphatic carbocycles. The van der Waals surface area contributed by atoms with Crippen LogP contribution in [-0.4, -0.2) is 51.8 Å². The summed E-state index contributed by atoms with van der Waals surface area (Å²) in [6.07, 6.45) is 4.84. The number of hydrogen-bond donors (Lipinski definition) is 1. The average molecular weight is 643 g/mol. The van der Waals surface area contributed by atoms with Gasteiger partial charge in [-0.2, -0.15) is 4.98 Å². The van der Waals surface area contributed by atoms with E-state index in [4.69, 9.17) is 9.72 Å². The molecule has 11 heteroatoms. The van der Waals surface area contributed by atoms with Crippen LogP contribution in [0.4, 0.5) is 5.95 Å². The van der Waals surface area contributed by atoms with Gasteiger partial charge in [0.25, 0.3) is 15.9 Å². The minimum atomic E-state index is -4.16. The Balaban J connectivity index is 1.66. The number of anilines is 1. The average Bonchev–Trinajstić information content (AvgIpc) is 2.99. The molecule has 1 N–H and O–H groups in total. The van der Waals surface area contributed by atoms with Crippen molar-refractivity contribution in [1.29, 1.82) is 0 Å². The molecule has 1 aliphatic heterocycles. The molecule has 10 nitrogen and oxygen atoms in total. The molecular weight excluding hydrogens is 600 g/mol. The highest BCUT2D eigenvalue weighted by Crippen LogP contribution is 2.31. The number of fused-ring (bicyclic) bond motifs is 4. The summed E-state index contributed by atoms with van der Waals surface area (Å²) in [5.74, 6) is -0.0868. The minimum Gasteiger partial charge on any atom is -0.475 e. The van der Waals surface area contributed by atoms with Gasteiger partial charge in [-0.1, -0.05) is 58.9 Å². The number of aryl methyl sites for hydroxylation is 2. The first kappa shape index (κ1) is 33.0. The molecule has 0 unspecified atom stereocenters. The number of benzene rings is 2. The van der Waals surface area contributed by atoms with Gasteiger partial charge >= 0.3 is 0 Å². The number of nitrogens with zero attached hydrogens (tertiary/aromatic N) is 5. The van der Waals surface area contributed by atoms with Crippen LogP contribution in [0.5, 0.6) is 5.88 Å². The molecule has 46 heavy (non-hydrogen) atoms. The molecule has 242 valence electrons. The third kappa shape index (κ3) is 7.70. The summed E-state index contributed by atoms with van der Waals surface area (Å²) in [6.45, 7) is 14.8. The molecule has 1 aliphatic rings. The second-order valence-electron chi connectivity index (χ2n) is 13.4. The number of nitrogens with one attached hydrogen (secondary N) is 1. The first-order valence-electron chi connectivity index (χ1n) is 15.5. The van der Waals surface area contributed by atoms with Gasteiger partial charge in [-0.25, -0.2) is 18.1 Å². The highest BCUT2D eigenvalue weighted by Gasteiger charge is 2.30. The molecule has 3 heterocycles. The molecular formula is C35H42N6O4S. The molecule has 0 fully saturated rings. The van der Waals surface area contributed by atoms with Crippen LogP contribution in [0.25, 0.3) is 11.3 Å². The Hall–Kier alpha value is -4.38. The number of sulfonamides is 1. The first-order valence-corrected chi connectivity index (χ1v) is 17.0. The van der Waals surface area contributed by atoms with Crippen molar-refractivity contribution in [2.45, 2.75) is 84.7 Å². The molecule has 4 bridgehead atoms. The summed E-state index contributed by atoms with van der Waals surface area (Å²) in [7, 11) is -4.16. The number of carbonyl (C=O) groups excluding carboxylic acids is 1. The molecule has 2 aromatic heterocycles. The molecule has 0 saturated carbocycles. The van der Waals surface area contributed by atoms with Crippen molar-refractivity contribution in [3.63, 3.8) is 0 Å². The standard InChI is InChI=1S/C35H42N6O4S/c1-22(2)30-19-36-18-26(37-30)20-41-27(14-15-35(5,6)7)21-45-31-17-29(32-23(3)10-8-11-24(32)4)38-34(39-31)40-46(43,44)28-13-9-12-25(16-28)33(41)42/h8-13,16-19,22,27H,14-15,20-21H2,1-7H3,(H,38,39,40)/t27-/m1/s1. The van der Waals surface area contributed by atoms with Gasteiger partial charge < -0.3 is 9.64 Å². The van der Waals surface area contributed by atoms with E-state index in [0.717, 1.165) is 28.8 Å². The van der Waals surface area contributed by atoms with E-state index in [1.165, 1.54) is 12.1 Å². The molecule has 0 spiro atoms. The molecule has 2 aromatic carbocycles. The van der Waals surface area contributed by atoms with Crippen molar-refractivity contribution in [3.8, 4) is 17.1 Å². The van der Waals surface area contributed by atoms with E-state index in [1.807, 2.05) is 45.9 Å². The van der Waals surface area contributed by atoms with E-state index in [-0.39, 0.29) is 52.7 Å². The Bertz CT molecular complexity index is 1830. The van der Waals surface area contributed by atoms with Gasteiger partial charge in [-0.15, -0.1) is 0 Å². The SMILES string of the molecule is Cc1cccc(C)c1-c1cc2nc(n1)NS(=O)(=O)c1cccc(c1)C(=O)N(Cc1cncc(C(C)C)n1)[C@H](CCC(C)(C)C)CO2. The smallest absolute Gasteiger partial charge is 0.264 e. The number of ether oxygens (including phenoxy) is 1. The Labute approximate surface area is 271 Å². The second-order valence-corrected chi connectivity index (χ2v) is 15.1. The van der Waals surface area contributed by atoms with Crippen molar-refractivity contribution >= 4 is 21.9 Å². The van der Waals surface area contributed by atoms with E-state index >= 15 is 0 Å². The summed E-state index contributed by atoms with van der Waals surface area (Å²) >= 11 is 0. The Morgan fingerprint density at radius 2 is 1.72 bits per heavy atom. The van der Waals surface area contributed by atoms with Crippen LogP contribution >= 0.6 is 0 Å². The fourth-order valence-corrected chi connectivity index (χ4v) is 6.45. The second kappa shape index (κ2) is 13.2. The lowest BCUT2D eigenvalue weighted by atomic mass is 9.88. The Kier molecular flexibility index (Phi) is 9.44. The van der Waals surface area contributed by atoms with Gasteiger partial charge in [0.15, 0.2) is 0 Å². The molecule has 1 amide bonds. The lowest BCUT2D eigenvalue weighted by Crippen LogP contribution is -2.44. The number of aromatic nitrogens is 4. The monoisotopic (exact) mass is 642 g/mol. The quantitative estimate of drug-likeness (QED) is 0.246. The van der Waals surface area contributed by atoms with Crippen LogP contribution < -0.4 is 9.46 Å². The van der Waals surface area contributed by atoms with Gasteiger partial charge in [0.2, 0.25) is 11.8 Å². The van der Waals surface area contributed by atoms with Gasteiger partial charge in [0, 0.05) is 23.4 Å². The van der Waals surface area contributed by atoms with Crippen LogP contribution in [-0.2, 0) is 16.6 Å². The van der Waals surface area contributed by atoms with Crippen LogP contribution in [0.15, 0.2) is 65.8 Å². The van der Waals surface area contributed by atoms with Crippen molar-refractivity contribution in [1.82, 2.24) is 24.8 Å². The van der Waals surface area contributed by atoms with Crippen LogP contribution in [0.3, 0.4) is 0 Å². The van der Waals surface area contributed by atoms with Crippen molar-refractivity contribution in [3.05, 3.63) is 89.0 Å². The molecule has 5 rings (SSSR count). The molecule has 0 radical (unpaired) electrons. The van der Waals surface area contributed by atoms with Crippen LogP contribution in [0, 0.1) is 19.3 Å². The van der Waals surface area contributed by atoms with E-state index < -0.39 is 16.1 Å². The van der Waals surface area contributed by atoms with Crippen molar-refractivity contribution in [2.75, 3.05) is 11.3 Å². The molecule has 1 atom stereocenters. The molecule has 4 aromatic rings. The van der Waals surface area contributed by atoms with Crippen molar-refractivity contribution < 1.29 is 17.9 Å². The van der Waals surface area contributed by atoms with Crippen LogP contribution in [0.2, 0.25) is 0 Å². The third-order valence-corrected chi connectivity index (χ3v) is 9.36. The van der Waals surface area contributed by atoms with Gasteiger partial charge in [0.05, 0.1) is 40.8 Å². The largest absolute Gasteiger partial charge is 0.475 e. The van der Waals surface area contributed by atoms with E-state index in [1.54, 1.807) is 35.5 Å². The first-order chi connectivity index (χ1) is 21.7. The van der Waals surface area contributed by atoms with Crippen LogP contribution in [0.1, 0.15) is 86.3 Å². The zero-order valence-corrected chi connectivity index (χ0v) is 28.4. The third-order valence-electron chi connectivity index (χ3n) is 8.04. The van der Waals surface area contributed by atoms with E-state index in [9.17, 15) is 13.2 Å². The number of rotatable bonds is 6. The lowest BCUT2D eigenvalue weighted by molar-refractivity contribution is 0.0549. The minimum absolute atomic E-state index is 0.0111. The van der Waals surface area contributed by atoms with Gasteiger partial charge in [0.1, 0.15) is 6.61 Å². The zero-order valence-electron chi connectivity index (χ0n) is 27.5. The number of carbonyl (C=O) groups is 1. The van der Waals surface area contributed by atoms with E-state index in [0.29, 0.717) is 17.8 Å². The lowest BCUT2D eigenvalue weighted by Gasteiger charge is -2.33. The maximum atomic E-state index is 14.4. The summed E-state index contributed by atoms with van der Waals surface area (Å²) < 4.78 is 36.2. The topological polar surface area (TPSA) is 127 Å². The zero-order chi connectivity index (χ0) is 33.2.